The maximum atomic E-state index is 12.2. The number of fused-ring (bicyclic) bond motifs is 1. The van der Waals surface area contributed by atoms with Crippen molar-refractivity contribution in [3.63, 3.8) is 0 Å². The molecule has 1 unspecified atom stereocenters. The summed E-state index contributed by atoms with van der Waals surface area (Å²) in [5, 5.41) is 5.38. The summed E-state index contributed by atoms with van der Waals surface area (Å²) in [6, 6.07) is 16.1. The van der Waals surface area contributed by atoms with Crippen LogP contribution in [-0.4, -0.2) is 5.91 Å². The number of rotatable bonds is 3. The van der Waals surface area contributed by atoms with Crippen molar-refractivity contribution in [3.05, 3.63) is 71.7 Å². The molecule has 0 radical (unpaired) electrons. The zero-order valence-electron chi connectivity index (χ0n) is 12.1. The van der Waals surface area contributed by atoms with E-state index in [2.05, 4.69) is 35.6 Å². The molecule has 1 amide bonds. The van der Waals surface area contributed by atoms with Crippen molar-refractivity contribution in [3.8, 4) is 0 Å². The van der Waals surface area contributed by atoms with Crippen LogP contribution in [0.25, 0.3) is 10.8 Å². The second-order valence-corrected chi connectivity index (χ2v) is 5.19. The number of nitrogens with one attached hydrogen (secondary N) is 1. The molecule has 0 saturated heterocycles. The van der Waals surface area contributed by atoms with Crippen molar-refractivity contribution < 1.29 is 9.21 Å². The van der Waals surface area contributed by atoms with Crippen molar-refractivity contribution in [2.75, 3.05) is 0 Å². The lowest BCUT2D eigenvalue weighted by Crippen LogP contribution is -2.26. The van der Waals surface area contributed by atoms with Crippen LogP contribution in [0.15, 0.2) is 59.2 Å². The van der Waals surface area contributed by atoms with E-state index in [-0.39, 0.29) is 11.9 Å². The number of carbonyl (C=O) groups excluding carboxylic acids is 1. The highest BCUT2D eigenvalue weighted by molar-refractivity contribution is 5.95. The SMILES string of the molecule is Cc1occc1C(=O)NC(C)c1ccc2ccccc2c1. The molecule has 3 rings (SSSR count). The Labute approximate surface area is 123 Å². The number of benzene rings is 2. The average molecular weight is 279 g/mol. The standard InChI is InChI=1S/C18H17NO2/c1-12(19-18(20)17-9-10-21-13(17)2)15-8-7-14-5-3-4-6-16(14)11-15/h3-12H,1-2H3,(H,19,20). The molecule has 0 aliphatic rings. The monoisotopic (exact) mass is 279 g/mol. The average Bonchev–Trinajstić information content (AvgIpc) is 2.93. The van der Waals surface area contributed by atoms with Crippen LogP contribution in [0.4, 0.5) is 0 Å². The minimum absolute atomic E-state index is 0.0589. The van der Waals surface area contributed by atoms with E-state index in [1.807, 2.05) is 19.1 Å². The first-order valence-corrected chi connectivity index (χ1v) is 6.99. The first-order chi connectivity index (χ1) is 10.1. The Kier molecular flexibility index (Phi) is 3.48. The minimum atomic E-state index is -0.109. The van der Waals surface area contributed by atoms with Gasteiger partial charge in [-0.15, -0.1) is 0 Å². The third kappa shape index (κ3) is 2.68. The highest BCUT2D eigenvalue weighted by atomic mass is 16.3. The van der Waals surface area contributed by atoms with E-state index in [1.165, 1.54) is 17.0 Å². The van der Waals surface area contributed by atoms with Gasteiger partial charge >= 0.3 is 0 Å². The predicted molar refractivity (Wildman–Crippen MR) is 83.3 cm³/mol. The van der Waals surface area contributed by atoms with Crippen molar-refractivity contribution in [2.24, 2.45) is 0 Å². The highest BCUT2D eigenvalue weighted by Gasteiger charge is 2.15. The van der Waals surface area contributed by atoms with Gasteiger partial charge in [0.05, 0.1) is 17.9 Å². The van der Waals surface area contributed by atoms with Crippen molar-refractivity contribution in [2.45, 2.75) is 19.9 Å². The lowest BCUT2D eigenvalue weighted by molar-refractivity contribution is 0.0938. The van der Waals surface area contributed by atoms with Gasteiger partial charge in [-0.2, -0.15) is 0 Å². The first kappa shape index (κ1) is 13.4. The summed E-state index contributed by atoms with van der Waals surface area (Å²) in [5.74, 6) is 0.528. The number of amides is 1. The van der Waals surface area contributed by atoms with Crippen molar-refractivity contribution >= 4 is 16.7 Å². The van der Waals surface area contributed by atoms with Crippen LogP contribution in [0.5, 0.6) is 0 Å². The van der Waals surface area contributed by atoms with Gasteiger partial charge in [0.2, 0.25) is 0 Å². The van der Waals surface area contributed by atoms with Crippen LogP contribution in [0.3, 0.4) is 0 Å². The molecule has 0 bridgehead atoms. The summed E-state index contributed by atoms with van der Waals surface area (Å²) in [6.45, 7) is 3.77. The van der Waals surface area contributed by atoms with Gasteiger partial charge in [-0.25, -0.2) is 0 Å². The summed E-state index contributed by atoms with van der Waals surface area (Å²) in [6.07, 6.45) is 1.53. The quantitative estimate of drug-likeness (QED) is 0.779. The third-order valence-corrected chi connectivity index (χ3v) is 3.72. The normalized spacial score (nSPS) is 12.3. The van der Waals surface area contributed by atoms with E-state index >= 15 is 0 Å². The fraction of sp³-hybridized carbons (Fsp3) is 0.167. The van der Waals surface area contributed by atoms with Gasteiger partial charge in [-0.1, -0.05) is 36.4 Å². The minimum Gasteiger partial charge on any atom is -0.469 e. The molecular formula is C18H17NO2. The van der Waals surface area contributed by atoms with Gasteiger partial charge in [0, 0.05) is 0 Å². The second kappa shape index (κ2) is 5.44. The van der Waals surface area contributed by atoms with Gasteiger partial charge in [0.1, 0.15) is 5.76 Å². The van der Waals surface area contributed by atoms with E-state index in [0.717, 1.165) is 5.56 Å². The molecule has 0 spiro atoms. The highest BCUT2D eigenvalue weighted by Crippen LogP contribution is 2.21. The van der Waals surface area contributed by atoms with Gasteiger partial charge in [0.25, 0.3) is 5.91 Å². The van der Waals surface area contributed by atoms with Crippen LogP contribution in [0.1, 0.15) is 34.6 Å². The Morgan fingerprint density at radius 3 is 2.57 bits per heavy atom. The molecule has 1 aromatic heterocycles. The van der Waals surface area contributed by atoms with Crippen LogP contribution in [-0.2, 0) is 0 Å². The number of carbonyl (C=O) groups is 1. The Morgan fingerprint density at radius 2 is 1.86 bits per heavy atom. The first-order valence-electron chi connectivity index (χ1n) is 6.99. The van der Waals surface area contributed by atoms with Crippen LogP contribution < -0.4 is 5.32 Å². The zero-order valence-corrected chi connectivity index (χ0v) is 12.1. The van der Waals surface area contributed by atoms with Gasteiger partial charge in [0.15, 0.2) is 0 Å². The molecular weight excluding hydrogens is 262 g/mol. The molecule has 3 aromatic rings. The smallest absolute Gasteiger partial charge is 0.255 e. The van der Waals surface area contributed by atoms with Crippen LogP contribution >= 0.6 is 0 Å². The molecule has 1 atom stereocenters. The van der Waals surface area contributed by atoms with Crippen molar-refractivity contribution in [1.82, 2.24) is 5.32 Å². The number of aryl methyl sites for hydroxylation is 1. The molecule has 0 aliphatic carbocycles. The van der Waals surface area contributed by atoms with Gasteiger partial charge < -0.3 is 9.73 Å². The fourth-order valence-electron chi connectivity index (χ4n) is 2.46. The fourth-order valence-corrected chi connectivity index (χ4v) is 2.46. The topological polar surface area (TPSA) is 42.2 Å². The van der Waals surface area contributed by atoms with Crippen LogP contribution in [0, 0.1) is 6.92 Å². The lowest BCUT2D eigenvalue weighted by Gasteiger charge is -2.15. The molecule has 1 heterocycles. The molecule has 21 heavy (non-hydrogen) atoms. The maximum Gasteiger partial charge on any atom is 0.255 e. The molecule has 106 valence electrons. The molecule has 0 aliphatic heterocycles. The summed E-state index contributed by atoms with van der Waals surface area (Å²) < 4.78 is 5.17. The summed E-state index contributed by atoms with van der Waals surface area (Å²) in [5.41, 5.74) is 1.67. The Morgan fingerprint density at radius 1 is 1.10 bits per heavy atom. The number of hydrogen-bond donors (Lipinski definition) is 1. The summed E-state index contributed by atoms with van der Waals surface area (Å²) >= 11 is 0. The van der Waals surface area contributed by atoms with E-state index in [4.69, 9.17) is 4.42 Å². The third-order valence-electron chi connectivity index (χ3n) is 3.72. The van der Waals surface area contributed by atoms with Gasteiger partial charge in [-0.05, 0) is 42.3 Å². The predicted octanol–water partition coefficient (Wildman–Crippen LogP) is 4.23. The number of hydrogen-bond acceptors (Lipinski definition) is 2. The Hall–Kier alpha value is -2.55. The second-order valence-electron chi connectivity index (χ2n) is 5.19. The van der Waals surface area contributed by atoms with E-state index in [0.29, 0.717) is 11.3 Å². The van der Waals surface area contributed by atoms with Gasteiger partial charge in [-0.3, -0.25) is 4.79 Å². The largest absolute Gasteiger partial charge is 0.469 e. The molecule has 0 saturated carbocycles. The molecule has 2 aromatic carbocycles. The maximum absolute atomic E-state index is 12.2. The summed E-state index contributed by atoms with van der Waals surface area (Å²) in [4.78, 5) is 12.2. The van der Waals surface area contributed by atoms with E-state index in [1.54, 1.807) is 13.0 Å². The molecule has 3 nitrogen and oxygen atoms in total. The zero-order chi connectivity index (χ0) is 14.8. The van der Waals surface area contributed by atoms with E-state index in [9.17, 15) is 4.79 Å². The molecule has 3 heteroatoms. The summed E-state index contributed by atoms with van der Waals surface area (Å²) in [7, 11) is 0. The van der Waals surface area contributed by atoms with Crippen LogP contribution in [0.2, 0.25) is 0 Å². The lowest BCUT2D eigenvalue weighted by atomic mass is 10.0. The van der Waals surface area contributed by atoms with Crippen molar-refractivity contribution in [1.29, 1.82) is 0 Å². The molecule has 1 N–H and O–H groups in total. The molecule has 0 fully saturated rings. The Balaban J connectivity index is 1.82. The van der Waals surface area contributed by atoms with E-state index < -0.39 is 0 Å². The Bertz CT molecular complexity index is 789. The number of furan rings is 1.